The molecular formula is C13H21Cl3N6. The van der Waals surface area contributed by atoms with Gasteiger partial charge in [-0.1, -0.05) is 11.6 Å². The van der Waals surface area contributed by atoms with Crippen molar-refractivity contribution in [2.75, 3.05) is 33.2 Å². The summed E-state index contributed by atoms with van der Waals surface area (Å²) in [5, 5.41) is 0.656. The molecule has 0 unspecified atom stereocenters. The lowest BCUT2D eigenvalue weighted by Gasteiger charge is -2.32. The summed E-state index contributed by atoms with van der Waals surface area (Å²) in [6, 6.07) is 7.05. The van der Waals surface area contributed by atoms with Crippen LogP contribution in [0.2, 0.25) is 5.02 Å². The van der Waals surface area contributed by atoms with Crippen LogP contribution in [0.5, 0.6) is 0 Å². The lowest BCUT2D eigenvalue weighted by Crippen LogP contribution is -2.50. The van der Waals surface area contributed by atoms with Gasteiger partial charge in [0.25, 0.3) is 0 Å². The number of benzene rings is 1. The second-order valence-electron chi connectivity index (χ2n) is 4.71. The molecule has 1 saturated heterocycles. The summed E-state index contributed by atoms with van der Waals surface area (Å²) in [5.74, 6) is 0.553. The molecular weight excluding hydrogens is 347 g/mol. The summed E-state index contributed by atoms with van der Waals surface area (Å²) in [5.41, 5.74) is 12.4. The van der Waals surface area contributed by atoms with Crippen molar-refractivity contribution in [1.29, 1.82) is 0 Å². The summed E-state index contributed by atoms with van der Waals surface area (Å²) >= 11 is 5.81. The van der Waals surface area contributed by atoms with E-state index in [9.17, 15) is 0 Å². The molecule has 0 amide bonds. The zero-order valence-corrected chi connectivity index (χ0v) is 14.7. The van der Waals surface area contributed by atoms with Crippen LogP contribution in [0.1, 0.15) is 0 Å². The molecule has 0 atom stereocenters. The average Bonchev–Trinajstić information content (AvgIpc) is 2.42. The van der Waals surface area contributed by atoms with Crippen molar-refractivity contribution in [3.63, 3.8) is 0 Å². The second-order valence-corrected chi connectivity index (χ2v) is 5.14. The number of nitrogens with zero attached hydrogens (tertiary/aromatic N) is 4. The zero-order chi connectivity index (χ0) is 14.5. The van der Waals surface area contributed by atoms with Crippen molar-refractivity contribution in [3.8, 4) is 0 Å². The van der Waals surface area contributed by atoms with Crippen LogP contribution in [-0.2, 0) is 0 Å². The number of halogens is 3. The molecule has 1 fully saturated rings. The van der Waals surface area contributed by atoms with Crippen molar-refractivity contribution in [2.24, 2.45) is 21.5 Å². The van der Waals surface area contributed by atoms with Gasteiger partial charge in [0.2, 0.25) is 5.96 Å². The van der Waals surface area contributed by atoms with Gasteiger partial charge >= 0.3 is 0 Å². The van der Waals surface area contributed by atoms with Gasteiger partial charge in [-0.05, 0) is 31.3 Å². The van der Waals surface area contributed by atoms with E-state index in [2.05, 4.69) is 21.9 Å². The van der Waals surface area contributed by atoms with Gasteiger partial charge in [-0.25, -0.2) is 4.99 Å². The van der Waals surface area contributed by atoms with Crippen LogP contribution in [0.3, 0.4) is 0 Å². The highest BCUT2D eigenvalue weighted by atomic mass is 35.5. The molecule has 9 heteroatoms. The van der Waals surface area contributed by atoms with E-state index >= 15 is 0 Å². The highest BCUT2D eigenvalue weighted by molar-refractivity contribution is 6.30. The Morgan fingerprint density at radius 1 is 1.05 bits per heavy atom. The molecule has 1 aromatic carbocycles. The number of hydrogen-bond donors (Lipinski definition) is 2. The maximum atomic E-state index is 5.95. The van der Waals surface area contributed by atoms with E-state index in [1.54, 1.807) is 24.3 Å². The molecule has 0 aromatic heterocycles. The van der Waals surface area contributed by atoms with Crippen molar-refractivity contribution >= 4 is 54.0 Å². The Morgan fingerprint density at radius 3 is 2.14 bits per heavy atom. The molecule has 1 aliphatic heterocycles. The summed E-state index contributed by atoms with van der Waals surface area (Å²) in [6.45, 7) is 3.62. The first-order chi connectivity index (χ1) is 9.54. The zero-order valence-electron chi connectivity index (χ0n) is 12.3. The summed E-state index contributed by atoms with van der Waals surface area (Å²) in [7, 11) is 2.08. The number of piperazine rings is 1. The lowest BCUT2D eigenvalue weighted by atomic mass is 10.3. The predicted octanol–water partition coefficient (Wildman–Crippen LogP) is 1.69. The molecule has 22 heavy (non-hydrogen) atoms. The van der Waals surface area contributed by atoms with E-state index in [1.165, 1.54) is 0 Å². The van der Waals surface area contributed by atoms with Gasteiger partial charge in [-0.3, -0.25) is 0 Å². The van der Waals surface area contributed by atoms with Crippen LogP contribution in [0, 0.1) is 0 Å². The molecule has 1 aliphatic rings. The van der Waals surface area contributed by atoms with Crippen molar-refractivity contribution in [2.45, 2.75) is 0 Å². The minimum atomic E-state index is 0. The summed E-state index contributed by atoms with van der Waals surface area (Å²) in [6.07, 6.45) is 0. The quantitative estimate of drug-likeness (QED) is 0.584. The van der Waals surface area contributed by atoms with Crippen molar-refractivity contribution in [3.05, 3.63) is 29.3 Å². The van der Waals surface area contributed by atoms with Gasteiger partial charge < -0.3 is 21.3 Å². The van der Waals surface area contributed by atoms with E-state index in [1.807, 2.05) is 4.90 Å². The number of rotatable bonds is 1. The molecule has 2 rings (SSSR count). The topological polar surface area (TPSA) is 83.2 Å². The Kier molecular flexibility index (Phi) is 9.20. The first-order valence-corrected chi connectivity index (χ1v) is 6.80. The maximum absolute atomic E-state index is 5.95. The van der Waals surface area contributed by atoms with E-state index in [-0.39, 0.29) is 30.8 Å². The molecule has 1 aromatic rings. The van der Waals surface area contributed by atoms with Crippen LogP contribution >= 0.6 is 36.4 Å². The van der Waals surface area contributed by atoms with E-state index < -0.39 is 0 Å². The fourth-order valence-corrected chi connectivity index (χ4v) is 2.02. The maximum Gasteiger partial charge on any atom is 0.223 e. The number of likely N-dealkylation sites (N-methyl/N-ethyl adjacent to an activating group) is 1. The number of nitrogens with two attached hydrogens (primary N) is 2. The Morgan fingerprint density at radius 2 is 1.59 bits per heavy atom. The molecule has 1 heterocycles. The number of guanidine groups is 2. The lowest BCUT2D eigenvalue weighted by molar-refractivity contribution is 0.214. The molecule has 4 N–H and O–H groups in total. The minimum absolute atomic E-state index is 0. The van der Waals surface area contributed by atoms with E-state index in [0.29, 0.717) is 16.7 Å². The first kappa shape index (κ1) is 20.8. The Labute approximate surface area is 148 Å². The van der Waals surface area contributed by atoms with Gasteiger partial charge in [0, 0.05) is 31.2 Å². The van der Waals surface area contributed by atoms with E-state index in [0.717, 1.165) is 26.2 Å². The molecule has 0 saturated carbocycles. The fourth-order valence-electron chi connectivity index (χ4n) is 1.90. The largest absolute Gasteiger partial charge is 0.369 e. The molecule has 0 spiro atoms. The fraction of sp³-hybridized carbons (Fsp3) is 0.385. The van der Waals surface area contributed by atoms with Gasteiger partial charge in [0.1, 0.15) is 0 Å². The smallest absolute Gasteiger partial charge is 0.223 e. The van der Waals surface area contributed by atoms with Crippen molar-refractivity contribution in [1.82, 2.24) is 9.80 Å². The SMILES string of the molecule is CN1CCN(/C(N)=N/C(N)=Nc2ccc(Cl)cc2)CC1.Cl.Cl. The Balaban J connectivity index is 0.00000220. The van der Waals surface area contributed by atoms with Crippen LogP contribution in [0.4, 0.5) is 5.69 Å². The minimum Gasteiger partial charge on any atom is -0.369 e. The predicted molar refractivity (Wildman–Crippen MR) is 97.9 cm³/mol. The van der Waals surface area contributed by atoms with Crippen LogP contribution < -0.4 is 11.5 Å². The first-order valence-electron chi connectivity index (χ1n) is 6.42. The standard InChI is InChI=1S/C13H19ClN6.2ClH/c1-19-6-8-20(9-7-19)13(16)18-12(15)17-11-4-2-10(14)3-5-11;;/h2-5H,6-9H2,1H3,(H4,15,16,17,18);2*1H. The third-order valence-electron chi connectivity index (χ3n) is 3.13. The summed E-state index contributed by atoms with van der Waals surface area (Å²) in [4.78, 5) is 12.6. The molecule has 0 radical (unpaired) electrons. The van der Waals surface area contributed by atoms with Gasteiger partial charge in [0.05, 0.1) is 5.69 Å². The molecule has 0 bridgehead atoms. The Hall–Kier alpha value is -1.21. The molecule has 124 valence electrons. The highest BCUT2D eigenvalue weighted by Crippen LogP contribution is 2.16. The van der Waals surface area contributed by atoms with Gasteiger partial charge in [0.15, 0.2) is 5.96 Å². The van der Waals surface area contributed by atoms with Crippen LogP contribution in [0.15, 0.2) is 34.3 Å². The second kappa shape index (κ2) is 9.74. The van der Waals surface area contributed by atoms with E-state index in [4.69, 9.17) is 23.1 Å². The van der Waals surface area contributed by atoms with Crippen molar-refractivity contribution < 1.29 is 0 Å². The van der Waals surface area contributed by atoms with Gasteiger partial charge in [-0.2, -0.15) is 4.99 Å². The number of hydrogen-bond acceptors (Lipinski definition) is 2. The number of aliphatic imine (C=N–C) groups is 2. The van der Waals surface area contributed by atoms with Crippen LogP contribution in [0.25, 0.3) is 0 Å². The molecule has 0 aliphatic carbocycles. The average molecular weight is 368 g/mol. The van der Waals surface area contributed by atoms with Gasteiger partial charge in [-0.15, -0.1) is 24.8 Å². The third kappa shape index (κ3) is 6.27. The summed E-state index contributed by atoms with van der Waals surface area (Å²) < 4.78 is 0. The normalized spacial score (nSPS) is 16.7. The van der Waals surface area contributed by atoms with Crippen LogP contribution in [-0.4, -0.2) is 54.9 Å². The molecule has 6 nitrogen and oxygen atoms in total. The Bertz CT molecular complexity index is 509. The monoisotopic (exact) mass is 366 g/mol. The third-order valence-corrected chi connectivity index (χ3v) is 3.38. The highest BCUT2D eigenvalue weighted by Gasteiger charge is 2.15.